The predicted octanol–water partition coefficient (Wildman–Crippen LogP) is 4.68. The number of carbonyl (C=O) groups excluding carboxylic acids is 1. The number of nitrogens with one attached hydrogen (secondary N) is 1. The number of unbranched alkanes of at least 4 members (excludes halogenated alkanes) is 2. The van der Waals surface area contributed by atoms with Crippen LogP contribution in [0.2, 0.25) is 0 Å². The topological polar surface area (TPSA) is 50.8 Å². The van der Waals surface area contributed by atoms with Gasteiger partial charge in [-0.25, -0.2) is 4.79 Å². The highest BCUT2D eigenvalue weighted by atomic mass is 16.6. The number of benzene rings is 1. The van der Waals surface area contributed by atoms with Gasteiger partial charge in [0.1, 0.15) is 11.9 Å². The van der Waals surface area contributed by atoms with Crippen LogP contribution in [0, 0.1) is 0 Å². The molecule has 1 aliphatic rings. The second-order valence-electron chi connectivity index (χ2n) is 6.62. The molecule has 0 unspecified atom stereocenters. The number of piperidine rings is 1. The van der Waals surface area contributed by atoms with E-state index in [0.717, 1.165) is 51.7 Å². The van der Waals surface area contributed by atoms with Crippen molar-refractivity contribution in [3.05, 3.63) is 24.3 Å². The SMILES string of the molecule is CCCCCOc1ccccc1NC(=O)OC1CCN(CCC)CC1. The maximum Gasteiger partial charge on any atom is 0.412 e. The van der Waals surface area contributed by atoms with E-state index in [1.165, 1.54) is 6.42 Å². The monoisotopic (exact) mass is 348 g/mol. The van der Waals surface area contributed by atoms with Crippen LogP contribution in [0.5, 0.6) is 5.75 Å². The molecule has 1 saturated heterocycles. The molecule has 1 amide bonds. The third kappa shape index (κ3) is 6.94. The van der Waals surface area contributed by atoms with Gasteiger partial charge in [-0.15, -0.1) is 0 Å². The fourth-order valence-corrected chi connectivity index (χ4v) is 3.09. The van der Waals surface area contributed by atoms with E-state index in [0.29, 0.717) is 18.0 Å². The maximum absolute atomic E-state index is 12.2. The van der Waals surface area contributed by atoms with E-state index in [1.807, 2.05) is 24.3 Å². The fraction of sp³-hybridized carbons (Fsp3) is 0.650. The molecular formula is C20H32N2O3. The van der Waals surface area contributed by atoms with Crippen LogP contribution in [0.1, 0.15) is 52.4 Å². The van der Waals surface area contributed by atoms with Crippen LogP contribution in [-0.2, 0) is 4.74 Å². The summed E-state index contributed by atoms with van der Waals surface area (Å²) in [6.45, 7) is 8.15. The Morgan fingerprint density at radius 2 is 1.92 bits per heavy atom. The van der Waals surface area contributed by atoms with Crippen molar-refractivity contribution in [3.8, 4) is 5.75 Å². The van der Waals surface area contributed by atoms with E-state index in [4.69, 9.17) is 9.47 Å². The summed E-state index contributed by atoms with van der Waals surface area (Å²) in [5.74, 6) is 0.702. The smallest absolute Gasteiger partial charge is 0.412 e. The molecule has 140 valence electrons. The first kappa shape index (κ1) is 19.6. The molecule has 1 aliphatic heterocycles. The summed E-state index contributed by atoms with van der Waals surface area (Å²) in [7, 11) is 0. The van der Waals surface area contributed by atoms with E-state index in [-0.39, 0.29) is 6.10 Å². The summed E-state index contributed by atoms with van der Waals surface area (Å²) < 4.78 is 11.4. The van der Waals surface area contributed by atoms with E-state index in [9.17, 15) is 4.79 Å². The van der Waals surface area contributed by atoms with E-state index in [1.54, 1.807) is 0 Å². The third-order valence-electron chi connectivity index (χ3n) is 4.48. The summed E-state index contributed by atoms with van der Waals surface area (Å²) in [4.78, 5) is 14.6. The lowest BCUT2D eigenvalue weighted by molar-refractivity contribution is 0.0590. The number of rotatable bonds is 9. The molecule has 0 aliphatic carbocycles. The number of amides is 1. The van der Waals surface area contributed by atoms with Crippen LogP contribution in [0.15, 0.2) is 24.3 Å². The molecule has 1 heterocycles. The number of para-hydroxylation sites is 2. The van der Waals surface area contributed by atoms with Gasteiger partial charge in [-0.3, -0.25) is 5.32 Å². The minimum atomic E-state index is -0.390. The largest absolute Gasteiger partial charge is 0.491 e. The van der Waals surface area contributed by atoms with Crippen LogP contribution in [0.25, 0.3) is 0 Å². The molecule has 0 atom stereocenters. The predicted molar refractivity (Wildman–Crippen MR) is 101 cm³/mol. The number of nitrogens with zero attached hydrogens (tertiary/aromatic N) is 1. The van der Waals surface area contributed by atoms with Gasteiger partial charge in [0.25, 0.3) is 0 Å². The van der Waals surface area contributed by atoms with Crippen molar-refractivity contribution in [2.75, 3.05) is 31.6 Å². The summed E-state index contributed by atoms with van der Waals surface area (Å²) in [5, 5.41) is 2.84. The van der Waals surface area contributed by atoms with Gasteiger partial charge in [-0.05, 0) is 44.4 Å². The normalized spacial score (nSPS) is 15.8. The highest BCUT2D eigenvalue weighted by molar-refractivity contribution is 5.86. The first-order valence-corrected chi connectivity index (χ1v) is 9.64. The van der Waals surface area contributed by atoms with Gasteiger partial charge < -0.3 is 14.4 Å². The second-order valence-corrected chi connectivity index (χ2v) is 6.62. The summed E-state index contributed by atoms with van der Waals surface area (Å²) in [6.07, 6.45) is 5.92. The fourth-order valence-electron chi connectivity index (χ4n) is 3.09. The van der Waals surface area contributed by atoms with E-state index < -0.39 is 6.09 Å². The number of hydrogen-bond acceptors (Lipinski definition) is 4. The summed E-state index contributed by atoms with van der Waals surface area (Å²) in [5.41, 5.74) is 0.674. The van der Waals surface area contributed by atoms with Crippen LogP contribution in [0.3, 0.4) is 0 Å². The average molecular weight is 348 g/mol. The number of carbonyl (C=O) groups is 1. The molecule has 0 bridgehead atoms. The van der Waals surface area contributed by atoms with Crippen molar-refractivity contribution in [2.24, 2.45) is 0 Å². The second kappa shape index (κ2) is 11.0. The number of likely N-dealkylation sites (tertiary alicyclic amines) is 1. The molecule has 5 nitrogen and oxygen atoms in total. The third-order valence-corrected chi connectivity index (χ3v) is 4.48. The lowest BCUT2D eigenvalue weighted by atomic mass is 10.1. The van der Waals surface area contributed by atoms with Gasteiger partial charge in [-0.1, -0.05) is 38.8 Å². The van der Waals surface area contributed by atoms with E-state index >= 15 is 0 Å². The zero-order valence-electron chi connectivity index (χ0n) is 15.6. The van der Waals surface area contributed by atoms with Gasteiger partial charge in [0.05, 0.1) is 12.3 Å². The van der Waals surface area contributed by atoms with Gasteiger partial charge in [0, 0.05) is 13.1 Å². The molecule has 25 heavy (non-hydrogen) atoms. The van der Waals surface area contributed by atoms with Crippen molar-refractivity contribution < 1.29 is 14.3 Å². The average Bonchev–Trinajstić information content (AvgIpc) is 2.62. The molecule has 1 aromatic carbocycles. The van der Waals surface area contributed by atoms with Crippen molar-refractivity contribution in [1.29, 1.82) is 0 Å². The summed E-state index contributed by atoms with van der Waals surface area (Å²) >= 11 is 0. The van der Waals surface area contributed by atoms with Crippen LogP contribution < -0.4 is 10.1 Å². The molecule has 0 spiro atoms. The highest BCUT2D eigenvalue weighted by Crippen LogP contribution is 2.25. The Balaban J connectivity index is 1.78. The molecular weight excluding hydrogens is 316 g/mol. The molecule has 0 saturated carbocycles. The van der Waals surface area contributed by atoms with Crippen molar-refractivity contribution in [2.45, 2.75) is 58.5 Å². The number of hydrogen-bond donors (Lipinski definition) is 1. The Hall–Kier alpha value is -1.75. The summed E-state index contributed by atoms with van der Waals surface area (Å²) in [6, 6.07) is 7.53. The Labute approximate surface area is 151 Å². The molecule has 0 radical (unpaired) electrons. The molecule has 1 aromatic rings. The molecule has 1 N–H and O–H groups in total. The first-order chi connectivity index (χ1) is 12.2. The molecule has 0 aromatic heterocycles. The Bertz CT molecular complexity index is 513. The Morgan fingerprint density at radius 1 is 1.16 bits per heavy atom. The zero-order chi connectivity index (χ0) is 17.9. The minimum absolute atomic E-state index is 0.00532. The first-order valence-electron chi connectivity index (χ1n) is 9.64. The van der Waals surface area contributed by atoms with Crippen molar-refractivity contribution in [3.63, 3.8) is 0 Å². The van der Waals surface area contributed by atoms with Gasteiger partial charge in [0.2, 0.25) is 0 Å². The quantitative estimate of drug-likeness (QED) is 0.658. The Morgan fingerprint density at radius 3 is 2.64 bits per heavy atom. The van der Waals surface area contributed by atoms with Crippen molar-refractivity contribution in [1.82, 2.24) is 4.90 Å². The molecule has 1 fully saturated rings. The van der Waals surface area contributed by atoms with Crippen LogP contribution >= 0.6 is 0 Å². The van der Waals surface area contributed by atoms with Crippen molar-refractivity contribution >= 4 is 11.8 Å². The van der Waals surface area contributed by atoms with Crippen LogP contribution in [-0.4, -0.2) is 43.3 Å². The number of ether oxygens (including phenoxy) is 2. The Kier molecular flexibility index (Phi) is 8.60. The number of anilines is 1. The minimum Gasteiger partial charge on any atom is -0.491 e. The van der Waals surface area contributed by atoms with Gasteiger partial charge >= 0.3 is 6.09 Å². The van der Waals surface area contributed by atoms with E-state index in [2.05, 4.69) is 24.1 Å². The standard InChI is InChI=1S/C20H32N2O3/c1-3-5-8-16-24-19-10-7-6-9-18(19)21-20(23)25-17-11-14-22(13-4-2)15-12-17/h6-7,9-10,17H,3-5,8,11-16H2,1-2H3,(H,21,23). The van der Waals surface area contributed by atoms with Gasteiger partial charge in [0.15, 0.2) is 0 Å². The lowest BCUT2D eigenvalue weighted by Crippen LogP contribution is -2.38. The molecule has 2 rings (SSSR count). The lowest BCUT2D eigenvalue weighted by Gasteiger charge is -2.31. The molecule has 5 heteroatoms. The van der Waals surface area contributed by atoms with Gasteiger partial charge in [-0.2, -0.15) is 0 Å². The maximum atomic E-state index is 12.2. The highest BCUT2D eigenvalue weighted by Gasteiger charge is 2.22. The van der Waals surface area contributed by atoms with Crippen LogP contribution in [0.4, 0.5) is 10.5 Å². The zero-order valence-corrected chi connectivity index (χ0v) is 15.6.